The van der Waals surface area contributed by atoms with Crippen molar-refractivity contribution in [2.24, 2.45) is 4.99 Å². The Kier molecular flexibility index (Phi) is 6.32. The van der Waals surface area contributed by atoms with Gasteiger partial charge in [-0.15, -0.1) is 0 Å². The number of aromatic nitrogens is 1. The van der Waals surface area contributed by atoms with Crippen LogP contribution < -0.4 is 15.4 Å². The Morgan fingerprint density at radius 1 is 1.20 bits per heavy atom. The van der Waals surface area contributed by atoms with E-state index in [9.17, 15) is 13.2 Å². The molecule has 8 heteroatoms. The van der Waals surface area contributed by atoms with Crippen LogP contribution in [0.15, 0.2) is 47.7 Å². The van der Waals surface area contributed by atoms with E-state index in [0.29, 0.717) is 12.5 Å². The molecule has 2 rings (SSSR count). The van der Waals surface area contributed by atoms with Crippen molar-refractivity contribution in [2.45, 2.75) is 19.3 Å². The molecule has 0 saturated heterocycles. The van der Waals surface area contributed by atoms with Gasteiger partial charge in [-0.3, -0.25) is 4.99 Å². The highest BCUT2D eigenvalue weighted by molar-refractivity contribution is 5.79. The fourth-order valence-corrected chi connectivity index (χ4v) is 2.32. The van der Waals surface area contributed by atoms with Crippen molar-refractivity contribution in [1.29, 1.82) is 0 Å². The lowest BCUT2D eigenvalue weighted by atomic mass is 10.1. The molecule has 0 fully saturated rings. The van der Waals surface area contributed by atoms with Gasteiger partial charge in [0.15, 0.2) is 5.96 Å². The lowest BCUT2D eigenvalue weighted by Crippen LogP contribution is -2.38. The van der Waals surface area contributed by atoms with Crippen molar-refractivity contribution >= 4 is 5.96 Å². The molecular formula is C17H21F3N4O. The molecule has 0 saturated carbocycles. The number of ether oxygens (including phenoxy) is 1. The molecule has 0 spiro atoms. The quantitative estimate of drug-likeness (QED) is 0.620. The summed E-state index contributed by atoms with van der Waals surface area (Å²) in [6.07, 6.45) is -0.577. The van der Waals surface area contributed by atoms with Crippen LogP contribution in [0.25, 0.3) is 0 Å². The third-order valence-electron chi connectivity index (χ3n) is 3.62. The Hall–Kier alpha value is -2.64. The molecule has 25 heavy (non-hydrogen) atoms. The number of halogens is 3. The second-order valence-corrected chi connectivity index (χ2v) is 5.29. The molecule has 0 radical (unpaired) electrons. The van der Waals surface area contributed by atoms with Gasteiger partial charge in [-0.05, 0) is 29.8 Å². The number of hydrogen-bond donors (Lipinski definition) is 2. The first-order valence-electron chi connectivity index (χ1n) is 7.73. The molecule has 5 nitrogen and oxygen atoms in total. The summed E-state index contributed by atoms with van der Waals surface area (Å²) in [7, 11) is 2.91. The number of nitrogens with one attached hydrogen (secondary N) is 2. The molecule has 1 aromatic heterocycles. The largest absolute Gasteiger partial charge is 0.497 e. The Balaban J connectivity index is 1.96. The summed E-state index contributed by atoms with van der Waals surface area (Å²) in [4.78, 5) is 4.03. The van der Waals surface area contributed by atoms with Crippen LogP contribution >= 0.6 is 0 Å². The molecule has 2 aromatic rings. The van der Waals surface area contributed by atoms with E-state index in [-0.39, 0.29) is 17.9 Å². The Labute approximate surface area is 144 Å². The Bertz CT molecular complexity index is 696. The molecule has 2 N–H and O–H groups in total. The summed E-state index contributed by atoms with van der Waals surface area (Å²) in [6.45, 7) is 1.33. The second kappa shape index (κ2) is 8.46. The van der Waals surface area contributed by atoms with Gasteiger partial charge in [-0.1, -0.05) is 6.07 Å². The van der Waals surface area contributed by atoms with E-state index in [1.165, 1.54) is 19.2 Å². The minimum Gasteiger partial charge on any atom is -0.497 e. The van der Waals surface area contributed by atoms with Gasteiger partial charge in [-0.25, -0.2) is 0 Å². The fraction of sp³-hybridized carbons (Fsp3) is 0.353. The number of hydrogen-bond acceptors (Lipinski definition) is 2. The minimum atomic E-state index is -4.45. The number of nitrogens with zero attached hydrogens (tertiary/aromatic N) is 2. The van der Waals surface area contributed by atoms with Crippen LogP contribution in [0.1, 0.15) is 11.1 Å². The molecule has 1 heterocycles. The number of rotatable bonds is 6. The summed E-state index contributed by atoms with van der Waals surface area (Å²) in [5, 5.41) is 5.98. The Morgan fingerprint density at radius 2 is 1.92 bits per heavy atom. The first-order valence-corrected chi connectivity index (χ1v) is 7.73. The van der Waals surface area contributed by atoms with Gasteiger partial charge in [0.1, 0.15) is 5.75 Å². The maximum atomic E-state index is 13.2. The van der Waals surface area contributed by atoms with Gasteiger partial charge in [0.05, 0.1) is 12.7 Å². The molecule has 0 aliphatic carbocycles. The normalized spacial score (nSPS) is 12.1. The van der Waals surface area contributed by atoms with Gasteiger partial charge in [-0.2, -0.15) is 13.2 Å². The number of methoxy groups -OCH3 is 1. The van der Waals surface area contributed by atoms with Crippen LogP contribution in [0.3, 0.4) is 0 Å². The third-order valence-corrected chi connectivity index (χ3v) is 3.62. The van der Waals surface area contributed by atoms with E-state index < -0.39 is 11.7 Å². The summed E-state index contributed by atoms with van der Waals surface area (Å²) < 4.78 is 46.5. The number of alkyl halides is 3. The van der Waals surface area contributed by atoms with Crippen molar-refractivity contribution in [3.8, 4) is 5.75 Å². The van der Waals surface area contributed by atoms with E-state index in [2.05, 4.69) is 15.6 Å². The molecule has 0 atom stereocenters. The molecule has 0 aliphatic rings. The summed E-state index contributed by atoms with van der Waals surface area (Å²) >= 11 is 0. The zero-order chi connectivity index (χ0) is 18.3. The third kappa shape index (κ3) is 5.44. The molecular weight excluding hydrogens is 333 g/mol. The zero-order valence-electron chi connectivity index (χ0n) is 14.1. The zero-order valence-corrected chi connectivity index (χ0v) is 14.1. The first kappa shape index (κ1) is 18.7. The van der Waals surface area contributed by atoms with E-state index in [0.717, 1.165) is 12.6 Å². The van der Waals surface area contributed by atoms with Crippen molar-refractivity contribution in [2.75, 3.05) is 20.7 Å². The van der Waals surface area contributed by atoms with Crippen molar-refractivity contribution in [3.63, 3.8) is 0 Å². The van der Waals surface area contributed by atoms with E-state index in [1.54, 1.807) is 7.05 Å². The highest BCUT2D eigenvalue weighted by Crippen LogP contribution is 2.34. The monoisotopic (exact) mass is 354 g/mol. The molecule has 0 bridgehead atoms. The average Bonchev–Trinajstić information content (AvgIpc) is 3.10. The molecule has 0 amide bonds. The van der Waals surface area contributed by atoms with E-state index >= 15 is 0 Å². The van der Waals surface area contributed by atoms with Gasteiger partial charge in [0.25, 0.3) is 0 Å². The predicted octanol–water partition coefficient (Wildman–Crippen LogP) is 2.88. The molecule has 0 unspecified atom stereocenters. The molecule has 136 valence electrons. The summed E-state index contributed by atoms with van der Waals surface area (Å²) in [5.41, 5.74) is -0.594. The smallest absolute Gasteiger partial charge is 0.416 e. The van der Waals surface area contributed by atoms with E-state index in [1.807, 2.05) is 29.1 Å². The van der Waals surface area contributed by atoms with Gasteiger partial charge < -0.3 is 19.9 Å². The van der Waals surface area contributed by atoms with Crippen LogP contribution in [-0.4, -0.2) is 31.2 Å². The van der Waals surface area contributed by atoms with Crippen LogP contribution in [0.4, 0.5) is 13.2 Å². The SMILES string of the molecule is CN=C(NCCn1cccc1)NCc1ccc(OC)cc1C(F)(F)F. The van der Waals surface area contributed by atoms with E-state index in [4.69, 9.17) is 4.74 Å². The lowest BCUT2D eigenvalue weighted by Gasteiger charge is -2.16. The van der Waals surface area contributed by atoms with Crippen molar-refractivity contribution in [1.82, 2.24) is 15.2 Å². The van der Waals surface area contributed by atoms with Crippen molar-refractivity contribution < 1.29 is 17.9 Å². The maximum absolute atomic E-state index is 13.2. The van der Waals surface area contributed by atoms with Gasteiger partial charge in [0, 0.05) is 39.1 Å². The Morgan fingerprint density at radius 3 is 2.52 bits per heavy atom. The van der Waals surface area contributed by atoms with Gasteiger partial charge >= 0.3 is 6.18 Å². The van der Waals surface area contributed by atoms with Crippen LogP contribution in [-0.2, 0) is 19.3 Å². The predicted molar refractivity (Wildman–Crippen MR) is 90.6 cm³/mol. The number of aliphatic imine (C=N–C) groups is 1. The maximum Gasteiger partial charge on any atom is 0.416 e. The van der Waals surface area contributed by atoms with Crippen LogP contribution in [0, 0.1) is 0 Å². The number of benzene rings is 1. The van der Waals surface area contributed by atoms with Gasteiger partial charge in [0.2, 0.25) is 0 Å². The minimum absolute atomic E-state index is 0.00201. The summed E-state index contributed by atoms with van der Waals surface area (Å²) in [6, 6.07) is 7.76. The van der Waals surface area contributed by atoms with Crippen LogP contribution in [0.2, 0.25) is 0 Å². The second-order valence-electron chi connectivity index (χ2n) is 5.29. The molecule has 1 aromatic carbocycles. The highest BCUT2D eigenvalue weighted by atomic mass is 19.4. The van der Waals surface area contributed by atoms with Crippen molar-refractivity contribution in [3.05, 3.63) is 53.9 Å². The number of guanidine groups is 1. The average molecular weight is 354 g/mol. The standard InChI is InChI=1S/C17H21F3N4O/c1-21-16(22-7-10-24-8-3-4-9-24)23-12-13-5-6-14(25-2)11-15(13)17(18,19)20/h3-6,8-9,11H,7,10,12H2,1-2H3,(H2,21,22,23). The highest BCUT2D eigenvalue weighted by Gasteiger charge is 2.33. The topological polar surface area (TPSA) is 50.6 Å². The first-order chi connectivity index (χ1) is 11.9. The molecule has 0 aliphatic heterocycles. The fourth-order valence-electron chi connectivity index (χ4n) is 2.32. The van der Waals surface area contributed by atoms with Crippen LogP contribution in [0.5, 0.6) is 5.75 Å². The lowest BCUT2D eigenvalue weighted by molar-refractivity contribution is -0.138. The summed E-state index contributed by atoms with van der Waals surface area (Å²) in [5.74, 6) is 0.612.